The van der Waals surface area contributed by atoms with Gasteiger partial charge >= 0.3 is 0 Å². The molecule has 1 heterocycles. The standard InChI is InChI=1S/C12H15N3S/c1-9-5-3-4-6-10(9)12-15-14-11(16-12)7-8-13-2/h3-6,13H,7-8H2,1-2H3. The molecule has 1 aromatic heterocycles. The number of aryl methyl sites for hydroxylation is 1. The Morgan fingerprint density at radius 3 is 2.81 bits per heavy atom. The number of aromatic nitrogens is 2. The van der Waals surface area contributed by atoms with Gasteiger partial charge in [0, 0.05) is 18.5 Å². The van der Waals surface area contributed by atoms with Crippen LogP contribution in [0.3, 0.4) is 0 Å². The maximum Gasteiger partial charge on any atom is 0.148 e. The number of hydrogen-bond donors (Lipinski definition) is 1. The van der Waals surface area contributed by atoms with Gasteiger partial charge in [-0.3, -0.25) is 0 Å². The summed E-state index contributed by atoms with van der Waals surface area (Å²) in [5.41, 5.74) is 2.44. The van der Waals surface area contributed by atoms with Crippen molar-refractivity contribution in [3.8, 4) is 10.6 Å². The van der Waals surface area contributed by atoms with Crippen LogP contribution in [0.1, 0.15) is 10.6 Å². The van der Waals surface area contributed by atoms with Crippen molar-refractivity contribution < 1.29 is 0 Å². The number of likely N-dealkylation sites (N-methyl/N-ethyl adjacent to an activating group) is 1. The molecule has 0 bridgehead atoms. The van der Waals surface area contributed by atoms with Crippen LogP contribution >= 0.6 is 11.3 Å². The summed E-state index contributed by atoms with van der Waals surface area (Å²) in [5.74, 6) is 0. The highest BCUT2D eigenvalue weighted by molar-refractivity contribution is 7.14. The van der Waals surface area contributed by atoms with E-state index in [-0.39, 0.29) is 0 Å². The van der Waals surface area contributed by atoms with E-state index in [1.54, 1.807) is 11.3 Å². The minimum Gasteiger partial charge on any atom is -0.319 e. The van der Waals surface area contributed by atoms with E-state index in [0.29, 0.717) is 0 Å². The average Bonchev–Trinajstić information content (AvgIpc) is 2.75. The summed E-state index contributed by atoms with van der Waals surface area (Å²) in [6, 6.07) is 8.28. The van der Waals surface area contributed by atoms with Crippen LogP contribution in [0.4, 0.5) is 0 Å². The number of nitrogens with zero attached hydrogens (tertiary/aromatic N) is 2. The molecule has 4 heteroatoms. The molecule has 0 unspecified atom stereocenters. The molecule has 0 saturated heterocycles. The summed E-state index contributed by atoms with van der Waals surface area (Å²) in [4.78, 5) is 0. The predicted molar refractivity (Wildman–Crippen MR) is 67.7 cm³/mol. The van der Waals surface area contributed by atoms with Crippen LogP contribution in [0.5, 0.6) is 0 Å². The van der Waals surface area contributed by atoms with Gasteiger partial charge in [0.05, 0.1) is 0 Å². The molecule has 0 amide bonds. The molecule has 0 aliphatic rings. The highest BCUT2D eigenvalue weighted by Crippen LogP contribution is 2.26. The van der Waals surface area contributed by atoms with E-state index in [4.69, 9.17) is 0 Å². The molecule has 0 fully saturated rings. The molecule has 0 saturated carbocycles. The van der Waals surface area contributed by atoms with Crippen molar-refractivity contribution in [3.63, 3.8) is 0 Å². The second kappa shape index (κ2) is 5.18. The fourth-order valence-electron chi connectivity index (χ4n) is 1.51. The Labute approximate surface area is 99.5 Å². The third kappa shape index (κ3) is 2.46. The van der Waals surface area contributed by atoms with Crippen LogP contribution in [-0.4, -0.2) is 23.8 Å². The quantitative estimate of drug-likeness (QED) is 0.880. The summed E-state index contributed by atoms with van der Waals surface area (Å²) in [7, 11) is 1.95. The summed E-state index contributed by atoms with van der Waals surface area (Å²) < 4.78 is 0. The first-order chi connectivity index (χ1) is 7.81. The molecule has 0 aliphatic carbocycles. The monoisotopic (exact) mass is 233 g/mol. The maximum atomic E-state index is 4.24. The molecule has 3 nitrogen and oxygen atoms in total. The van der Waals surface area contributed by atoms with Gasteiger partial charge < -0.3 is 5.32 Å². The van der Waals surface area contributed by atoms with Crippen LogP contribution in [0, 0.1) is 6.92 Å². The third-order valence-corrected chi connectivity index (χ3v) is 3.45. The Kier molecular flexibility index (Phi) is 3.64. The van der Waals surface area contributed by atoms with Crippen molar-refractivity contribution in [2.45, 2.75) is 13.3 Å². The van der Waals surface area contributed by atoms with E-state index in [0.717, 1.165) is 23.0 Å². The van der Waals surface area contributed by atoms with Crippen molar-refractivity contribution in [3.05, 3.63) is 34.8 Å². The lowest BCUT2D eigenvalue weighted by atomic mass is 10.1. The molecule has 1 aromatic carbocycles. The van der Waals surface area contributed by atoms with E-state index >= 15 is 0 Å². The summed E-state index contributed by atoms with van der Waals surface area (Å²) in [6.45, 7) is 3.05. The molecular weight excluding hydrogens is 218 g/mol. The topological polar surface area (TPSA) is 37.8 Å². The van der Waals surface area contributed by atoms with Gasteiger partial charge in [-0.05, 0) is 19.5 Å². The normalized spacial score (nSPS) is 10.6. The lowest BCUT2D eigenvalue weighted by Gasteiger charge is -1.99. The molecule has 84 valence electrons. The van der Waals surface area contributed by atoms with Crippen molar-refractivity contribution >= 4 is 11.3 Å². The van der Waals surface area contributed by atoms with Crippen LogP contribution in [0.15, 0.2) is 24.3 Å². The first-order valence-electron chi connectivity index (χ1n) is 5.34. The minimum absolute atomic E-state index is 0.944. The fraction of sp³-hybridized carbons (Fsp3) is 0.333. The number of hydrogen-bond acceptors (Lipinski definition) is 4. The zero-order valence-corrected chi connectivity index (χ0v) is 10.3. The second-order valence-electron chi connectivity index (χ2n) is 3.67. The SMILES string of the molecule is CNCCc1nnc(-c2ccccc2C)s1. The van der Waals surface area contributed by atoms with Gasteiger partial charge in [0.2, 0.25) is 0 Å². The summed E-state index contributed by atoms with van der Waals surface area (Å²) >= 11 is 1.68. The Bertz CT molecular complexity index is 465. The van der Waals surface area contributed by atoms with Gasteiger partial charge in [-0.1, -0.05) is 35.6 Å². The molecule has 2 aromatic rings. The largest absolute Gasteiger partial charge is 0.319 e. The molecule has 2 rings (SSSR count). The molecule has 0 spiro atoms. The third-order valence-electron chi connectivity index (χ3n) is 2.43. The van der Waals surface area contributed by atoms with E-state index in [1.807, 2.05) is 19.2 Å². The number of rotatable bonds is 4. The van der Waals surface area contributed by atoms with E-state index in [2.05, 4.69) is 34.6 Å². The van der Waals surface area contributed by atoms with Gasteiger partial charge in [-0.25, -0.2) is 0 Å². The van der Waals surface area contributed by atoms with Crippen molar-refractivity contribution in [2.75, 3.05) is 13.6 Å². The van der Waals surface area contributed by atoms with Gasteiger partial charge in [0.25, 0.3) is 0 Å². The maximum absolute atomic E-state index is 4.24. The fourth-order valence-corrected chi connectivity index (χ4v) is 2.44. The second-order valence-corrected chi connectivity index (χ2v) is 4.73. The molecule has 1 N–H and O–H groups in total. The van der Waals surface area contributed by atoms with Crippen LogP contribution in [0.2, 0.25) is 0 Å². The van der Waals surface area contributed by atoms with Gasteiger partial charge in [-0.15, -0.1) is 10.2 Å². The highest BCUT2D eigenvalue weighted by atomic mass is 32.1. The zero-order valence-electron chi connectivity index (χ0n) is 9.53. The van der Waals surface area contributed by atoms with E-state index < -0.39 is 0 Å². The first kappa shape index (κ1) is 11.2. The molecular formula is C12H15N3S. The molecule has 0 radical (unpaired) electrons. The predicted octanol–water partition coefficient (Wildman–Crippen LogP) is 2.28. The van der Waals surface area contributed by atoms with Crippen molar-refractivity contribution in [2.24, 2.45) is 0 Å². The van der Waals surface area contributed by atoms with Crippen LogP contribution in [-0.2, 0) is 6.42 Å². The summed E-state index contributed by atoms with van der Waals surface area (Å²) in [6.07, 6.45) is 0.944. The smallest absolute Gasteiger partial charge is 0.148 e. The van der Waals surface area contributed by atoms with Gasteiger partial charge in [0.1, 0.15) is 10.0 Å². The zero-order chi connectivity index (χ0) is 11.4. The van der Waals surface area contributed by atoms with Crippen molar-refractivity contribution in [1.82, 2.24) is 15.5 Å². The highest BCUT2D eigenvalue weighted by Gasteiger charge is 2.07. The van der Waals surface area contributed by atoms with Crippen LogP contribution < -0.4 is 5.32 Å². The minimum atomic E-state index is 0.944. The van der Waals surface area contributed by atoms with Gasteiger partial charge in [-0.2, -0.15) is 0 Å². The van der Waals surface area contributed by atoms with Gasteiger partial charge in [0.15, 0.2) is 0 Å². The Morgan fingerprint density at radius 2 is 2.06 bits per heavy atom. The number of nitrogens with one attached hydrogen (secondary N) is 1. The summed E-state index contributed by atoms with van der Waals surface area (Å²) in [5, 5.41) is 13.7. The Hall–Kier alpha value is -1.26. The van der Waals surface area contributed by atoms with E-state index in [1.165, 1.54) is 11.1 Å². The Balaban J connectivity index is 2.22. The Morgan fingerprint density at radius 1 is 1.25 bits per heavy atom. The molecule has 0 aliphatic heterocycles. The lowest BCUT2D eigenvalue weighted by molar-refractivity contribution is 0.779. The van der Waals surface area contributed by atoms with Crippen molar-refractivity contribution in [1.29, 1.82) is 0 Å². The number of benzene rings is 1. The average molecular weight is 233 g/mol. The lowest BCUT2D eigenvalue weighted by Crippen LogP contribution is -2.09. The van der Waals surface area contributed by atoms with E-state index in [9.17, 15) is 0 Å². The molecule has 0 atom stereocenters. The van der Waals surface area contributed by atoms with Crippen LogP contribution in [0.25, 0.3) is 10.6 Å². The first-order valence-corrected chi connectivity index (χ1v) is 6.16. The molecule has 16 heavy (non-hydrogen) atoms.